The quantitative estimate of drug-likeness (QED) is 0.305. The number of halogens is 2. The molecule has 0 aliphatic carbocycles. The third-order valence-electron chi connectivity index (χ3n) is 5.15. The van der Waals surface area contributed by atoms with E-state index >= 15 is 0 Å². The zero-order valence-corrected chi connectivity index (χ0v) is 21.6. The van der Waals surface area contributed by atoms with Gasteiger partial charge in [0.1, 0.15) is 5.57 Å². The predicted molar refractivity (Wildman–Crippen MR) is 142 cm³/mol. The Bertz CT molecular complexity index is 1410. The van der Waals surface area contributed by atoms with Gasteiger partial charge in [0.2, 0.25) is 0 Å². The topological polar surface area (TPSA) is 114 Å². The maximum Gasteiger partial charge on any atom is 0.335 e. The normalized spacial score (nSPS) is 14.4. The van der Waals surface area contributed by atoms with Crippen molar-refractivity contribution < 1.29 is 28.7 Å². The highest BCUT2D eigenvalue weighted by molar-refractivity contribution is 9.10. The summed E-state index contributed by atoms with van der Waals surface area (Å²) in [4.78, 5) is 51.1. The van der Waals surface area contributed by atoms with Crippen molar-refractivity contribution in [3.8, 4) is 11.5 Å². The fourth-order valence-corrected chi connectivity index (χ4v) is 4.01. The first kappa shape index (κ1) is 25.9. The van der Waals surface area contributed by atoms with E-state index in [-0.39, 0.29) is 34.4 Å². The van der Waals surface area contributed by atoms with Gasteiger partial charge in [0.15, 0.2) is 18.1 Å². The van der Waals surface area contributed by atoms with Crippen molar-refractivity contribution in [2.75, 3.05) is 23.9 Å². The minimum atomic E-state index is -0.859. The van der Waals surface area contributed by atoms with Gasteiger partial charge < -0.3 is 14.8 Å². The van der Waals surface area contributed by atoms with Crippen molar-refractivity contribution in [3.05, 3.63) is 87.4 Å². The molecule has 37 heavy (non-hydrogen) atoms. The van der Waals surface area contributed by atoms with Crippen molar-refractivity contribution in [2.24, 2.45) is 0 Å². The van der Waals surface area contributed by atoms with Crippen LogP contribution < -0.4 is 25.0 Å². The molecule has 0 radical (unpaired) electrons. The van der Waals surface area contributed by atoms with E-state index < -0.39 is 23.8 Å². The number of rotatable bonds is 7. The highest BCUT2D eigenvalue weighted by Crippen LogP contribution is 2.37. The lowest BCUT2D eigenvalue weighted by Crippen LogP contribution is -2.54. The zero-order valence-electron chi connectivity index (χ0n) is 19.3. The van der Waals surface area contributed by atoms with Crippen molar-refractivity contribution in [3.63, 3.8) is 0 Å². The van der Waals surface area contributed by atoms with E-state index in [9.17, 15) is 19.2 Å². The first-order chi connectivity index (χ1) is 17.8. The number of carbonyl (C=O) groups is 4. The molecule has 0 bridgehead atoms. The molecule has 0 aromatic heterocycles. The summed E-state index contributed by atoms with van der Waals surface area (Å²) in [6.07, 6.45) is 1.29. The van der Waals surface area contributed by atoms with Crippen LogP contribution in [0.5, 0.6) is 11.5 Å². The lowest BCUT2D eigenvalue weighted by Gasteiger charge is -2.26. The van der Waals surface area contributed by atoms with Crippen LogP contribution in [-0.2, 0) is 14.4 Å². The van der Waals surface area contributed by atoms with E-state index in [1.165, 1.54) is 25.3 Å². The van der Waals surface area contributed by atoms with Gasteiger partial charge in [-0.3, -0.25) is 19.7 Å². The number of ether oxygens (including phenoxy) is 2. The van der Waals surface area contributed by atoms with Gasteiger partial charge in [-0.25, -0.2) is 9.69 Å². The molecule has 2 N–H and O–H groups in total. The van der Waals surface area contributed by atoms with Crippen LogP contribution in [0.4, 0.5) is 16.2 Å². The molecule has 0 unspecified atom stereocenters. The molecule has 11 heteroatoms. The van der Waals surface area contributed by atoms with E-state index in [1.54, 1.807) is 48.5 Å². The van der Waals surface area contributed by atoms with Gasteiger partial charge in [0.05, 0.1) is 17.8 Å². The summed E-state index contributed by atoms with van der Waals surface area (Å²) in [6.45, 7) is -0.337. The van der Waals surface area contributed by atoms with Gasteiger partial charge in [-0.1, -0.05) is 45.7 Å². The lowest BCUT2D eigenvalue weighted by molar-refractivity contribution is -0.122. The van der Waals surface area contributed by atoms with Crippen molar-refractivity contribution in [2.45, 2.75) is 0 Å². The summed E-state index contributed by atoms with van der Waals surface area (Å²) in [6, 6.07) is 17.4. The Morgan fingerprint density at radius 2 is 1.78 bits per heavy atom. The fourth-order valence-electron chi connectivity index (χ4n) is 3.47. The number of urea groups is 1. The summed E-state index contributed by atoms with van der Waals surface area (Å²) >= 11 is 9.69. The monoisotopic (exact) mass is 583 g/mol. The van der Waals surface area contributed by atoms with Crippen LogP contribution in [-0.4, -0.2) is 37.5 Å². The molecule has 188 valence electrons. The minimum absolute atomic E-state index is 0.0863. The second kappa shape index (κ2) is 11.3. The van der Waals surface area contributed by atoms with Crippen LogP contribution in [0.3, 0.4) is 0 Å². The highest BCUT2D eigenvalue weighted by atomic mass is 79.9. The number of para-hydroxylation sites is 1. The summed E-state index contributed by atoms with van der Waals surface area (Å²) in [5.74, 6) is -1.77. The first-order valence-corrected chi connectivity index (χ1v) is 12.0. The number of amides is 5. The second-order valence-corrected chi connectivity index (χ2v) is 8.99. The van der Waals surface area contributed by atoms with Crippen LogP contribution in [0.2, 0.25) is 5.02 Å². The van der Waals surface area contributed by atoms with E-state index in [0.717, 1.165) is 9.37 Å². The van der Waals surface area contributed by atoms with Gasteiger partial charge >= 0.3 is 6.03 Å². The van der Waals surface area contributed by atoms with Gasteiger partial charge in [-0.15, -0.1) is 0 Å². The van der Waals surface area contributed by atoms with E-state index in [2.05, 4.69) is 26.6 Å². The molecule has 5 amide bonds. The number of nitrogens with zero attached hydrogens (tertiary/aromatic N) is 1. The number of hydrogen-bond donors (Lipinski definition) is 2. The molecular weight excluding hydrogens is 566 g/mol. The largest absolute Gasteiger partial charge is 0.493 e. The number of anilines is 2. The molecule has 1 aliphatic heterocycles. The molecule has 0 saturated carbocycles. The molecule has 9 nitrogen and oxygen atoms in total. The lowest BCUT2D eigenvalue weighted by atomic mass is 10.1. The smallest absolute Gasteiger partial charge is 0.335 e. The summed E-state index contributed by atoms with van der Waals surface area (Å²) in [5, 5.41) is 4.95. The van der Waals surface area contributed by atoms with Crippen LogP contribution in [0.15, 0.2) is 76.8 Å². The van der Waals surface area contributed by atoms with E-state index in [0.29, 0.717) is 11.3 Å². The van der Waals surface area contributed by atoms with Crippen LogP contribution >= 0.6 is 27.5 Å². The molecule has 1 aliphatic rings. The number of nitrogens with one attached hydrogen (secondary N) is 2. The van der Waals surface area contributed by atoms with Crippen molar-refractivity contribution in [1.82, 2.24) is 5.32 Å². The van der Waals surface area contributed by atoms with Crippen LogP contribution in [0.25, 0.3) is 6.08 Å². The van der Waals surface area contributed by atoms with Crippen molar-refractivity contribution >= 4 is 68.7 Å². The summed E-state index contributed by atoms with van der Waals surface area (Å²) in [5.41, 5.74) is 0.961. The van der Waals surface area contributed by atoms with Gasteiger partial charge in [-0.05, 0) is 60.2 Å². The van der Waals surface area contributed by atoms with E-state index in [4.69, 9.17) is 21.1 Å². The maximum absolute atomic E-state index is 13.1. The molecule has 1 heterocycles. The highest BCUT2D eigenvalue weighted by Gasteiger charge is 2.36. The molecule has 3 aromatic carbocycles. The molecule has 0 atom stereocenters. The van der Waals surface area contributed by atoms with Gasteiger partial charge in [0, 0.05) is 10.2 Å². The fraction of sp³-hybridized carbons (Fsp3) is 0.0769. The average Bonchev–Trinajstić information content (AvgIpc) is 2.87. The Labute approximate surface area is 225 Å². The minimum Gasteiger partial charge on any atom is -0.493 e. The van der Waals surface area contributed by atoms with Crippen LogP contribution in [0.1, 0.15) is 5.56 Å². The summed E-state index contributed by atoms with van der Waals surface area (Å²) in [7, 11) is 1.38. The Morgan fingerprint density at radius 3 is 2.46 bits per heavy atom. The Hall–Kier alpha value is -4.15. The Balaban J connectivity index is 1.56. The second-order valence-electron chi connectivity index (χ2n) is 7.67. The SMILES string of the molecule is COc1cc(/C=C2\C(=O)NC(=O)N(c3ccc(Br)cc3)C2=O)cc(Cl)c1OCC(=O)Nc1ccccc1. The summed E-state index contributed by atoms with van der Waals surface area (Å²) < 4.78 is 11.7. The number of benzene rings is 3. The third kappa shape index (κ3) is 5.99. The number of hydrogen-bond acceptors (Lipinski definition) is 6. The van der Waals surface area contributed by atoms with Gasteiger partial charge in [-0.2, -0.15) is 0 Å². The van der Waals surface area contributed by atoms with Crippen molar-refractivity contribution in [1.29, 1.82) is 0 Å². The Morgan fingerprint density at radius 1 is 1.08 bits per heavy atom. The molecule has 4 rings (SSSR count). The molecule has 3 aromatic rings. The first-order valence-electron chi connectivity index (χ1n) is 10.8. The molecular formula is C26H19BrClN3O6. The molecule has 1 fully saturated rings. The van der Waals surface area contributed by atoms with Gasteiger partial charge in [0.25, 0.3) is 17.7 Å². The zero-order chi connectivity index (χ0) is 26.5. The van der Waals surface area contributed by atoms with E-state index in [1.807, 2.05) is 6.07 Å². The number of imide groups is 2. The standard InChI is InChI=1S/C26H19BrClN3O6/c1-36-21-13-15(12-20(28)23(21)37-14-22(32)29-17-5-3-2-4-6-17)11-19-24(33)30-26(35)31(25(19)34)18-9-7-16(27)8-10-18/h2-13H,14H2,1H3,(H,29,32)(H,30,33,35)/b19-11+. The maximum atomic E-state index is 13.1. The third-order valence-corrected chi connectivity index (χ3v) is 5.96. The molecule has 0 spiro atoms. The number of methoxy groups -OCH3 is 1. The predicted octanol–water partition coefficient (Wildman–Crippen LogP) is 4.80. The average molecular weight is 585 g/mol. The van der Waals surface area contributed by atoms with Crippen LogP contribution in [0, 0.1) is 0 Å². The number of carbonyl (C=O) groups excluding carboxylic acids is 4. The molecule has 1 saturated heterocycles. The Kier molecular flexibility index (Phi) is 7.90. The number of barbiturate groups is 1.